The van der Waals surface area contributed by atoms with Crippen LogP contribution in [0.25, 0.3) is 11.0 Å². The van der Waals surface area contributed by atoms with E-state index in [9.17, 15) is 14.4 Å². The predicted octanol–water partition coefficient (Wildman–Crippen LogP) is 1.21. The molecule has 6 heteroatoms. The van der Waals surface area contributed by atoms with Gasteiger partial charge in [0.05, 0.1) is 11.0 Å². The van der Waals surface area contributed by atoms with E-state index in [-0.39, 0.29) is 5.46 Å². The lowest BCUT2D eigenvalue weighted by Gasteiger charge is -2.09. The minimum Gasteiger partial charge on any atom is -0.423 e. The van der Waals surface area contributed by atoms with Gasteiger partial charge in [-0.25, -0.2) is 9.37 Å². The maximum absolute atomic E-state index is 13.5. The SMILES string of the molecule is Cc1nc2ccccc2n1Cc1ccc(F)c(B(O)O)c1. The van der Waals surface area contributed by atoms with Crippen LogP contribution in [-0.4, -0.2) is 26.7 Å². The van der Waals surface area contributed by atoms with Gasteiger partial charge in [-0.3, -0.25) is 0 Å². The van der Waals surface area contributed by atoms with Crippen LogP contribution >= 0.6 is 0 Å². The van der Waals surface area contributed by atoms with Crippen LogP contribution in [0.3, 0.4) is 0 Å². The number of halogens is 1. The summed E-state index contributed by atoms with van der Waals surface area (Å²) in [5.41, 5.74) is 2.56. The van der Waals surface area contributed by atoms with Gasteiger partial charge in [-0.15, -0.1) is 0 Å². The van der Waals surface area contributed by atoms with E-state index in [1.165, 1.54) is 12.1 Å². The number of fused-ring (bicyclic) bond motifs is 1. The van der Waals surface area contributed by atoms with E-state index in [2.05, 4.69) is 4.98 Å². The summed E-state index contributed by atoms with van der Waals surface area (Å²) in [6, 6.07) is 12.1. The molecule has 2 aromatic carbocycles. The minimum atomic E-state index is -1.81. The van der Waals surface area contributed by atoms with Crippen molar-refractivity contribution in [3.8, 4) is 0 Å². The molecule has 0 fully saturated rings. The third kappa shape index (κ3) is 2.55. The largest absolute Gasteiger partial charge is 0.491 e. The zero-order valence-corrected chi connectivity index (χ0v) is 11.5. The molecule has 0 spiro atoms. The molecule has 1 heterocycles. The van der Waals surface area contributed by atoms with Gasteiger partial charge in [-0.05, 0) is 30.7 Å². The normalized spacial score (nSPS) is 11.0. The summed E-state index contributed by atoms with van der Waals surface area (Å²) in [4.78, 5) is 4.47. The molecule has 0 radical (unpaired) electrons. The van der Waals surface area contributed by atoms with Gasteiger partial charge in [0.25, 0.3) is 0 Å². The lowest BCUT2D eigenvalue weighted by molar-refractivity contribution is 0.423. The molecule has 4 nitrogen and oxygen atoms in total. The van der Waals surface area contributed by atoms with Crippen molar-refractivity contribution in [3.05, 3.63) is 59.7 Å². The van der Waals surface area contributed by atoms with Crippen molar-refractivity contribution >= 4 is 23.6 Å². The van der Waals surface area contributed by atoms with Gasteiger partial charge in [-0.1, -0.05) is 24.3 Å². The Labute approximate surface area is 121 Å². The Morgan fingerprint density at radius 3 is 2.71 bits per heavy atom. The summed E-state index contributed by atoms with van der Waals surface area (Å²) < 4.78 is 15.5. The number of aromatic nitrogens is 2. The molecule has 0 unspecified atom stereocenters. The molecule has 2 N–H and O–H groups in total. The Hall–Kier alpha value is -2.18. The molecule has 0 saturated carbocycles. The fourth-order valence-corrected chi connectivity index (χ4v) is 2.47. The van der Waals surface area contributed by atoms with E-state index in [1.807, 2.05) is 35.8 Å². The smallest absolute Gasteiger partial charge is 0.423 e. The van der Waals surface area contributed by atoms with Crippen LogP contribution in [0.5, 0.6) is 0 Å². The van der Waals surface area contributed by atoms with Gasteiger partial charge in [0.1, 0.15) is 11.6 Å². The first-order valence-electron chi connectivity index (χ1n) is 6.62. The lowest BCUT2D eigenvalue weighted by Crippen LogP contribution is -2.33. The predicted molar refractivity (Wildman–Crippen MR) is 79.8 cm³/mol. The topological polar surface area (TPSA) is 58.3 Å². The Kier molecular flexibility index (Phi) is 3.49. The van der Waals surface area contributed by atoms with Gasteiger partial charge < -0.3 is 14.6 Å². The van der Waals surface area contributed by atoms with Gasteiger partial charge in [-0.2, -0.15) is 0 Å². The summed E-state index contributed by atoms with van der Waals surface area (Å²) in [5.74, 6) is 0.229. The average Bonchev–Trinajstić information content (AvgIpc) is 2.77. The Balaban J connectivity index is 2.03. The fourth-order valence-electron chi connectivity index (χ4n) is 2.47. The number of hydrogen-bond donors (Lipinski definition) is 2. The molecule has 0 saturated heterocycles. The van der Waals surface area contributed by atoms with Crippen molar-refractivity contribution in [2.75, 3.05) is 0 Å². The molecular formula is C15H14BFN2O2. The first-order chi connectivity index (χ1) is 10.1. The summed E-state index contributed by atoms with van der Waals surface area (Å²) in [7, 11) is -1.81. The zero-order chi connectivity index (χ0) is 15.0. The number of nitrogens with zero attached hydrogens (tertiary/aromatic N) is 2. The quantitative estimate of drug-likeness (QED) is 0.711. The minimum absolute atomic E-state index is 0.116. The van der Waals surface area contributed by atoms with Crippen LogP contribution in [0, 0.1) is 12.7 Å². The van der Waals surface area contributed by atoms with E-state index in [4.69, 9.17) is 0 Å². The monoisotopic (exact) mass is 284 g/mol. The van der Waals surface area contributed by atoms with Crippen molar-refractivity contribution in [2.24, 2.45) is 0 Å². The highest BCUT2D eigenvalue weighted by Crippen LogP contribution is 2.17. The van der Waals surface area contributed by atoms with Crippen molar-refractivity contribution in [1.29, 1.82) is 0 Å². The van der Waals surface area contributed by atoms with Crippen molar-refractivity contribution in [3.63, 3.8) is 0 Å². The third-order valence-corrected chi connectivity index (χ3v) is 3.52. The standard InChI is InChI=1S/C15H14BFN2O2/c1-10-18-14-4-2-3-5-15(14)19(10)9-11-6-7-13(17)12(8-11)16(20)21/h2-8,20-21H,9H2,1H3. The molecule has 3 rings (SSSR count). The lowest BCUT2D eigenvalue weighted by atomic mass is 9.79. The van der Waals surface area contributed by atoms with Crippen LogP contribution in [0.2, 0.25) is 0 Å². The Morgan fingerprint density at radius 1 is 1.19 bits per heavy atom. The highest BCUT2D eigenvalue weighted by atomic mass is 19.1. The molecule has 106 valence electrons. The molecule has 0 bridgehead atoms. The van der Waals surface area contributed by atoms with Crippen LogP contribution in [-0.2, 0) is 6.54 Å². The van der Waals surface area contributed by atoms with E-state index < -0.39 is 12.9 Å². The fraction of sp³-hybridized carbons (Fsp3) is 0.133. The number of para-hydroxylation sites is 2. The molecule has 0 amide bonds. The number of imidazole rings is 1. The molecule has 0 aliphatic rings. The van der Waals surface area contributed by atoms with E-state index >= 15 is 0 Å². The highest BCUT2D eigenvalue weighted by molar-refractivity contribution is 6.58. The Bertz CT molecular complexity index is 801. The number of hydrogen-bond acceptors (Lipinski definition) is 3. The summed E-state index contributed by atoms with van der Waals surface area (Å²) in [5, 5.41) is 18.4. The highest BCUT2D eigenvalue weighted by Gasteiger charge is 2.17. The van der Waals surface area contributed by atoms with Crippen molar-refractivity contribution < 1.29 is 14.4 Å². The first-order valence-corrected chi connectivity index (χ1v) is 6.62. The van der Waals surface area contributed by atoms with Gasteiger partial charge in [0.15, 0.2) is 0 Å². The van der Waals surface area contributed by atoms with Gasteiger partial charge in [0, 0.05) is 12.0 Å². The second kappa shape index (κ2) is 5.31. The van der Waals surface area contributed by atoms with Crippen LogP contribution in [0.1, 0.15) is 11.4 Å². The third-order valence-electron chi connectivity index (χ3n) is 3.52. The molecular weight excluding hydrogens is 270 g/mol. The zero-order valence-electron chi connectivity index (χ0n) is 11.5. The second-order valence-corrected chi connectivity index (χ2v) is 4.96. The van der Waals surface area contributed by atoms with Crippen LogP contribution < -0.4 is 5.46 Å². The molecule has 0 aliphatic carbocycles. The van der Waals surface area contributed by atoms with E-state index in [1.54, 1.807) is 6.07 Å². The number of benzene rings is 2. The number of aryl methyl sites for hydroxylation is 1. The average molecular weight is 284 g/mol. The Morgan fingerprint density at radius 2 is 1.95 bits per heavy atom. The van der Waals surface area contributed by atoms with Gasteiger partial charge >= 0.3 is 7.12 Å². The molecule has 3 aromatic rings. The van der Waals surface area contributed by atoms with Crippen molar-refractivity contribution in [2.45, 2.75) is 13.5 Å². The second-order valence-electron chi connectivity index (χ2n) is 4.96. The molecule has 21 heavy (non-hydrogen) atoms. The van der Waals surface area contributed by atoms with Crippen molar-refractivity contribution in [1.82, 2.24) is 9.55 Å². The van der Waals surface area contributed by atoms with E-state index in [0.717, 1.165) is 22.4 Å². The maximum atomic E-state index is 13.5. The molecule has 0 aliphatic heterocycles. The molecule has 0 atom stereocenters. The van der Waals surface area contributed by atoms with Gasteiger partial charge in [0.2, 0.25) is 0 Å². The number of rotatable bonds is 3. The maximum Gasteiger partial charge on any atom is 0.491 e. The first kappa shape index (κ1) is 13.8. The summed E-state index contributed by atoms with van der Waals surface area (Å²) in [6.45, 7) is 2.40. The van der Waals surface area contributed by atoms with Crippen LogP contribution in [0.15, 0.2) is 42.5 Å². The molecule has 1 aromatic heterocycles. The summed E-state index contributed by atoms with van der Waals surface area (Å²) >= 11 is 0. The van der Waals surface area contributed by atoms with E-state index in [0.29, 0.717) is 6.54 Å². The summed E-state index contributed by atoms with van der Waals surface area (Å²) in [6.07, 6.45) is 0. The van der Waals surface area contributed by atoms with Crippen LogP contribution in [0.4, 0.5) is 4.39 Å².